The van der Waals surface area contributed by atoms with E-state index in [1.54, 1.807) is 12.3 Å². The Kier molecular flexibility index (Phi) is 4.43. The van der Waals surface area contributed by atoms with Gasteiger partial charge < -0.3 is 15.2 Å². The fourth-order valence-corrected chi connectivity index (χ4v) is 1.44. The minimum Gasteiger partial charge on any atom is -0.478 e. The van der Waals surface area contributed by atoms with Gasteiger partial charge in [0.05, 0.1) is 19.3 Å². The Morgan fingerprint density at radius 1 is 1.55 bits per heavy atom. The molecule has 0 saturated carbocycles. The molecule has 2 N–H and O–H groups in total. The third-order valence-electron chi connectivity index (χ3n) is 2.30. The number of nitrogens with zero attached hydrogens (tertiary/aromatic N) is 5. The van der Waals surface area contributed by atoms with Crippen molar-refractivity contribution in [3.63, 3.8) is 0 Å². The maximum atomic E-state index is 10.6. The number of hydrogen-bond acceptors (Lipinski definition) is 7. The fraction of sp³-hybridized carbons (Fsp3) is 0.364. The molecular formula is C11H14N6O3. The zero-order valence-corrected chi connectivity index (χ0v) is 10.9. The van der Waals surface area contributed by atoms with E-state index in [-0.39, 0.29) is 5.69 Å². The highest BCUT2D eigenvalue weighted by atomic mass is 16.5. The lowest BCUT2D eigenvalue weighted by Gasteiger charge is -2.06. The average Bonchev–Trinajstić information content (AvgIpc) is 2.89. The molecule has 0 saturated heterocycles. The largest absolute Gasteiger partial charge is 0.478 e. The number of ether oxygens (including phenoxy) is 1. The van der Waals surface area contributed by atoms with Gasteiger partial charge in [-0.25, -0.2) is 14.5 Å². The van der Waals surface area contributed by atoms with Crippen LogP contribution in [-0.2, 0) is 6.54 Å². The Balaban J connectivity index is 1.85. The molecule has 0 amide bonds. The first-order chi connectivity index (χ1) is 9.69. The lowest BCUT2D eigenvalue weighted by atomic mass is 10.5. The van der Waals surface area contributed by atoms with Crippen LogP contribution in [-0.4, -0.2) is 49.2 Å². The standard InChI is InChI=1S/C11H14N6O3/c1-2-20-9-3-4-12-11(14-9)13-5-6-17-7-8(10(18)19)15-16-17/h3-4,7H,2,5-6H2,1H3,(H,18,19)(H,12,13,14). The van der Waals surface area contributed by atoms with Crippen LogP contribution in [0.2, 0.25) is 0 Å². The Morgan fingerprint density at radius 2 is 2.40 bits per heavy atom. The highest BCUT2D eigenvalue weighted by Gasteiger charge is 2.07. The number of carbonyl (C=O) groups is 1. The van der Waals surface area contributed by atoms with Crippen molar-refractivity contribution in [1.82, 2.24) is 25.0 Å². The van der Waals surface area contributed by atoms with Gasteiger partial charge in [0.25, 0.3) is 0 Å². The van der Waals surface area contributed by atoms with E-state index >= 15 is 0 Å². The van der Waals surface area contributed by atoms with E-state index in [2.05, 4.69) is 25.6 Å². The van der Waals surface area contributed by atoms with Crippen LogP contribution in [0.4, 0.5) is 5.95 Å². The third kappa shape index (κ3) is 3.64. The van der Waals surface area contributed by atoms with Crippen molar-refractivity contribution in [2.45, 2.75) is 13.5 Å². The minimum absolute atomic E-state index is 0.0837. The molecule has 106 valence electrons. The van der Waals surface area contributed by atoms with Gasteiger partial charge in [0.2, 0.25) is 11.8 Å². The van der Waals surface area contributed by atoms with Crippen molar-refractivity contribution in [1.29, 1.82) is 0 Å². The predicted molar refractivity (Wildman–Crippen MR) is 68.7 cm³/mol. The smallest absolute Gasteiger partial charge is 0.358 e. The SMILES string of the molecule is CCOc1ccnc(NCCn2cc(C(=O)O)nn2)n1. The summed E-state index contributed by atoms with van der Waals surface area (Å²) in [5.41, 5.74) is -0.0837. The van der Waals surface area contributed by atoms with Crippen molar-refractivity contribution in [3.8, 4) is 5.88 Å². The molecule has 20 heavy (non-hydrogen) atoms. The Morgan fingerprint density at radius 3 is 3.10 bits per heavy atom. The first-order valence-corrected chi connectivity index (χ1v) is 6.02. The lowest BCUT2D eigenvalue weighted by molar-refractivity contribution is 0.0690. The Bertz CT molecular complexity index is 585. The van der Waals surface area contributed by atoms with Crippen LogP contribution >= 0.6 is 0 Å². The molecule has 2 rings (SSSR count). The summed E-state index contributed by atoms with van der Waals surface area (Å²) in [4.78, 5) is 18.8. The first-order valence-electron chi connectivity index (χ1n) is 6.02. The normalized spacial score (nSPS) is 10.2. The number of hydrogen-bond donors (Lipinski definition) is 2. The van der Waals surface area contributed by atoms with E-state index in [0.29, 0.717) is 31.5 Å². The molecule has 0 spiro atoms. The van der Waals surface area contributed by atoms with Gasteiger partial charge in [0.1, 0.15) is 0 Å². The second-order valence-electron chi connectivity index (χ2n) is 3.75. The average molecular weight is 278 g/mol. The summed E-state index contributed by atoms with van der Waals surface area (Å²) in [5.74, 6) is -0.162. The van der Waals surface area contributed by atoms with Gasteiger partial charge in [-0.05, 0) is 6.92 Å². The summed E-state index contributed by atoms with van der Waals surface area (Å²) >= 11 is 0. The zero-order chi connectivity index (χ0) is 14.4. The lowest BCUT2D eigenvalue weighted by Crippen LogP contribution is -2.13. The van der Waals surface area contributed by atoms with Crippen LogP contribution in [0.15, 0.2) is 18.5 Å². The van der Waals surface area contributed by atoms with Crippen LogP contribution in [0.25, 0.3) is 0 Å². The molecule has 0 atom stereocenters. The maximum absolute atomic E-state index is 10.6. The number of anilines is 1. The second kappa shape index (κ2) is 6.45. The number of aromatic nitrogens is 5. The molecule has 0 aliphatic carbocycles. The minimum atomic E-state index is -1.10. The zero-order valence-electron chi connectivity index (χ0n) is 10.9. The van der Waals surface area contributed by atoms with Crippen molar-refractivity contribution < 1.29 is 14.6 Å². The molecule has 0 aliphatic rings. The molecule has 0 radical (unpaired) electrons. The monoisotopic (exact) mass is 278 g/mol. The van der Waals surface area contributed by atoms with Crippen LogP contribution in [0.5, 0.6) is 5.88 Å². The van der Waals surface area contributed by atoms with Crippen LogP contribution in [0.1, 0.15) is 17.4 Å². The van der Waals surface area contributed by atoms with Crippen LogP contribution in [0, 0.1) is 0 Å². The molecular weight excluding hydrogens is 264 g/mol. The third-order valence-corrected chi connectivity index (χ3v) is 2.30. The van der Waals surface area contributed by atoms with Gasteiger partial charge in [-0.15, -0.1) is 5.10 Å². The van der Waals surface area contributed by atoms with Crippen molar-refractivity contribution in [3.05, 3.63) is 24.2 Å². The van der Waals surface area contributed by atoms with Gasteiger partial charge >= 0.3 is 5.97 Å². The molecule has 2 aromatic rings. The van der Waals surface area contributed by atoms with Crippen molar-refractivity contribution in [2.24, 2.45) is 0 Å². The molecule has 0 bridgehead atoms. The number of carboxylic acids is 1. The number of carboxylic acid groups (broad SMARTS) is 1. The quantitative estimate of drug-likeness (QED) is 0.742. The summed E-state index contributed by atoms with van der Waals surface area (Å²) in [5, 5.41) is 18.9. The highest BCUT2D eigenvalue weighted by molar-refractivity contribution is 5.84. The maximum Gasteiger partial charge on any atom is 0.358 e. The van der Waals surface area contributed by atoms with E-state index in [1.165, 1.54) is 10.9 Å². The number of nitrogens with one attached hydrogen (secondary N) is 1. The van der Waals surface area contributed by atoms with Crippen LogP contribution in [0.3, 0.4) is 0 Å². The van der Waals surface area contributed by atoms with E-state index in [9.17, 15) is 4.79 Å². The highest BCUT2D eigenvalue weighted by Crippen LogP contribution is 2.07. The summed E-state index contributed by atoms with van der Waals surface area (Å²) in [6.07, 6.45) is 2.96. The van der Waals surface area contributed by atoms with Crippen molar-refractivity contribution in [2.75, 3.05) is 18.5 Å². The van der Waals surface area contributed by atoms with E-state index < -0.39 is 5.97 Å². The van der Waals surface area contributed by atoms with E-state index in [1.807, 2.05) is 6.92 Å². The van der Waals surface area contributed by atoms with Crippen LogP contribution < -0.4 is 10.1 Å². The van der Waals surface area contributed by atoms with Gasteiger partial charge in [-0.2, -0.15) is 4.98 Å². The summed E-state index contributed by atoms with van der Waals surface area (Å²) in [6.45, 7) is 3.34. The van der Waals surface area contributed by atoms with Gasteiger partial charge in [0, 0.05) is 18.8 Å². The molecule has 2 heterocycles. The number of rotatable bonds is 7. The molecule has 0 unspecified atom stereocenters. The van der Waals surface area contributed by atoms with Gasteiger partial charge in [-0.1, -0.05) is 5.21 Å². The molecule has 2 aromatic heterocycles. The van der Waals surface area contributed by atoms with E-state index in [4.69, 9.17) is 9.84 Å². The summed E-state index contributed by atoms with van der Waals surface area (Å²) < 4.78 is 6.69. The Labute approximate surface area is 114 Å². The topological polar surface area (TPSA) is 115 Å². The Hall–Kier alpha value is -2.71. The van der Waals surface area contributed by atoms with Crippen molar-refractivity contribution >= 4 is 11.9 Å². The molecule has 0 aromatic carbocycles. The fourth-order valence-electron chi connectivity index (χ4n) is 1.44. The molecule has 0 fully saturated rings. The first kappa shape index (κ1) is 13.7. The molecule has 9 heteroatoms. The second-order valence-corrected chi connectivity index (χ2v) is 3.75. The summed E-state index contributed by atoms with van der Waals surface area (Å²) in [6, 6.07) is 1.67. The van der Waals surface area contributed by atoms with Gasteiger partial charge in [0.15, 0.2) is 5.69 Å². The molecule has 0 aliphatic heterocycles. The van der Waals surface area contributed by atoms with E-state index in [0.717, 1.165) is 0 Å². The number of aromatic carboxylic acids is 1. The van der Waals surface area contributed by atoms with Gasteiger partial charge in [-0.3, -0.25) is 0 Å². The molecule has 9 nitrogen and oxygen atoms in total. The summed E-state index contributed by atoms with van der Waals surface area (Å²) in [7, 11) is 0. The predicted octanol–water partition coefficient (Wildman–Crippen LogP) is 0.277.